The molecule has 0 atom stereocenters. The van der Waals surface area contributed by atoms with E-state index < -0.39 is 0 Å². The molecular weight excluding hydrogens is 238 g/mol. The number of hydrogen-bond donors (Lipinski definition) is 2. The molecule has 0 amide bonds. The van der Waals surface area contributed by atoms with Gasteiger partial charge in [-0.1, -0.05) is 5.16 Å². The van der Waals surface area contributed by atoms with Crippen LogP contribution in [-0.4, -0.2) is 14.5 Å². The predicted octanol–water partition coefficient (Wildman–Crippen LogP) is 1.91. The van der Waals surface area contributed by atoms with E-state index in [4.69, 9.17) is 10.3 Å². The maximum absolute atomic E-state index is 5.86. The van der Waals surface area contributed by atoms with E-state index in [1.54, 1.807) is 6.92 Å². The lowest BCUT2D eigenvalue weighted by molar-refractivity contribution is 0.388. The Morgan fingerprint density at radius 1 is 1.53 bits per heavy atom. The molecule has 1 saturated carbocycles. The van der Waals surface area contributed by atoms with Crippen LogP contribution < -0.4 is 11.1 Å². The van der Waals surface area contributed by atoms with Gasteiger partial charge in [0.15, 0.2) is 5.82 Å². The molecule has 0 bridgehead atoms. The van der Waals surface area contributed by atoms with Gasteiger partial charge in [0, 0.05) is 12.5 Å². The minimum Gasteiger partial charge on any atom is -0.383 e. The Balaban J connectivity index is 1.72. The van der Waals surface area contributed by atoms with Crippen molar-refractivity contribution in [1.29, 1.82) is 0 Å². The van der Waals surface area contributed by atoms with Crippen molar-refractivity contribution < 1.29 is 4.52 Å². The average molecular weight is 251 g/mol. The first kappa shape index (κ1) is 10.5. The van der Waals surface area contributed by atoms with Crippen LogP contribution in [0.3, 0.4) is 0 Å². The van der Waals surface area contributed by atoms with E-state index >= 15 is 0 Å². The molecule has 2 aromatic heterocycles. The van der Waals surface area contributed by atoms with E-state index in [9.17, 15) is 0 Å². The molecule has 3 rings (SSSR count). The standard InChI is InChI=1S/C10H13N5OS/c1-5-13-7(14-16-5)4-12-10-8(6-2-3-6)9(11)15-17-10/h6,12H,2-4H2,1H3,(H2,11,15). The summed E-state index contributed by atoms with van der Waals surface area (Å²) in [5, 5.41) is 8.14. The summed E-state index contributed by atoms with van der Waals surface area (Å²) < 4.78 is 9.10. The van der Waals surface area contributed by atoms with Gasteiger partial charge in [-0.2, -0.15) is 9.36 Å². The SMILES string of the molecule is Cc1nc(CNc2snc(N)c2C2CC2)no1. The lowest BCUT2D eigenvalue weighted by Gasteiger charge is -2.03. The number of aryl methyl sites for hydroxylation is 1. The molecule has 0 aliphatic heterocycles. The maximum Gasteiger partial charge on any atom is 0.223 e. The van der Waals surface area contributed by atoms with Crippen LogP contribution in [-0.2, 0) is 6.54 Å². The van der Waals surface area contributed by atoms with Crippen LogP contribution in [0.5, 0.6) is 0 Å². The molecule has 2 heterocycles. The number of nitrogens with two attached hydrogens (primary N) is 1. The molecule has 17 heavy (non-hydrogen) atoms. The van der Waals surface area contributed by atoms with Crippen molar-refractivity contribution in [3.63, 3.8) is 0 Å². The second-order valence-corrected chi connectivity index (χ2v) is 4.94. The molecule has 0 spiro atoms. The Morgan fingerprint density at radius 2 is 2.35 bits per heavy atom. The third-order valence-electron chi connectivity index (χ3n) is 2.72. The maximum atomic E-state index is 5.86. The van der Waals surface area contributed by atoms with Gasteiger partial charge < -0.3 is 15.6 Å². The van der Waals surface area contributed by atoms with Crippen molar-refractivity contribution in [1.82, 2.24) is 14.5 Å². The highest BCUT2D eigenvalue weighted by Gasteiger charge is 2.30. The van der Waals surface area contributed by atoms with E-state index in [0.29, 0.717) is 30.0 Å². The summed E-state index contributed by atoms with van der Waals surface area (Å²) in [7, 11) is 0. The van der Waals surface area contributed by atoms with Gasteiger partial charge in [-0.25, -0.2) is 0 Å². The van der Waals surface area contributed by atoms with E-state index in [-0.39, 0.29) is 0 Å². The first-order valence-electron chi connectivity index (χ1n) is 5.52. The molecule has 1 fully saturated rings. The number of rotatable bonds is 4. The Morgan fingerprint density at radius 3 is 3.00 bits per heavy atom. The predicted molar refractivity (Wildman–Crippen MR) is 64.9 cm³/mol. The molecule has 1 aliphatic rings. The first-order chi connectivity index (χ1) is 8.24. The Hall–Kier alpha value is -1.63. The highest BCUT2D eigenvalue weighted by Crippen LogP contribution is 2.47. The van der Waals surface area contributed by atoms with E-state index in [0.717, 1.165) is 10.6 Å². The number of hydrogen-bond acceptors (Lipinski definition) is 7. The minimum atomic E-state index is 0.540. The van der Waals surface area contributed by atoms with Gasteiger partial charge in [0.25, 0.3) is 0 Å². The first-order valence-corrected chi connectivity index (χ1v) is 6.29. The molecule has 1 aliphatic carbocycles. The Labute approximate surface area is 102 Å². The number of nitrogen functional groups attached to an aromatic ring is 1. The van der Waals surface area contributed by atoms with Crippen molar-refractivity contribution in [3.05, 3.63) is 17.3 Å². The summed E-state index contributed by atoms with van der Waals surface area (Å²) in [4.78, 5) is 4.14. The van der Waals surface area contributed by atoms with Crippen LogP contribution in [0.4, 0.5) is 10.8 Å². The van der Waals surface area contributed by atoms with Crippen molar-refractivity contribution >= 4 is 22.4 Å². The van der Waals surface area contributed by atoms with E-state index in [2.05, 4.69) is 19.8 Å². The minimum absolute atomic E-state index is 0.540. The average Bonchev–Trinajstić information content (AvgIpc) is 2.95. The van der Waals surface area contributed by atoms with Crippen LogP contribution in [0, 0.1) is 6.92 Å². The molecule has 0 unspecified atom stereocenters. The topological polar surface area (TPSA) is 89.9 Å². The number of nitrogens with zero attached hydrogens (tertiary/aromatic N) is 3. The van der Waals surface area contributed by atoms with Crippen molar-refractivity contribution in [3.8, 4) is 0 Å². The lowest BCUT2D eigenvalue weighted by atomic mass is 10.2. The van der Waals surface area contributed by atoms with Gasteiger partial charge in [-0.15, -0.1) is 0 Å². The summed E-state index contributed by atoms with van der Waals surface area (Å²) in [6.45, 7) is 2.31. The van der Waals surface area contributed by atoms with E-state index in [1.807, 2.05) is 0 Å². The molecule has 0 aromatic carbocycles. The zero-order chi connectivity index (χ0) is 11.8. The van der Waals surface area contributed by atoms with Gasteiger partial charge >= 0.3 is 0 Å². The molecule has 7 heteroatoms. The molecule has 90 valence electrons. The van der Waals surface area contributed by atoms with Gasteiger partial charge in [0.05, 0.1) is 6.54 Å². The fourth-order valence-corrected chi connectivity index (χ4v) is 2.57. The quantitative estimate of drug-likeness (QED) is 0.862. The molecule has 3 N–H and O–H groups in total. The third kappa shape index (κ3) is 2.10. The third-order valence-corrected chi connectivity index (χ3v) is 3.55. The number of anilines is 2. The number of nitrogens with one attached hydrogen (secondary N) is 1. The summed E-state index contributed by atoms with van der Waals surface area (Å²) >= 11 is 1.40. The Bertz CT molecular complexity index is 531. The zero-order valence-electron chi connectivity index (χ0n) is 9.43. The van der Waals surface area contributed by atoms with Crippen molar-refractivity contribution in [2.75, 3.05) is 11.1 Å². The fourth-order valence-electron chi connectivity index (χ4n) is 1.78. The normalized spacial score (nSPS) is 15.1. The van der Waals surface area contributed by atoms with Crippen molar-refractivity contribution in [2.45, 2.75) is 32.2 Å². The van der Waals surface area contributed by atoms with Gasteiger partial charge in [-0.05, 0) is 30.3 Å². The molecule has 6 nitrogen and oxygen atoms in total. The van der Waals surface area contributed by atoms with Crippen LogP contribution in [0.25, 0.3) is 0 Å². The summed E-state index contributed by atoms with van der Waals surface area (Å²) in [5.41, 5.74) is 7.03. The van der Waals surface area contributed by atoms with Crippen LogP contribution in [0.15, 0.2) is 4.52 Å². The van der Waals surface area contributed by atoms with Crippen LogP contribution in [0.1, 0.15) is 36.0 Å². The zero-order valence-corrected chi connectivity index (χ0v) is 10.3. The second-order valence-electron chi connectivity index (χ2n) is 4.17. The van der Waals surface area contributed by atoms with Gasteiger partial charge in [0.2, 0.25) is 5.89 Å². The van der Waals surface area contributed by atoms with Gasteiger partial charge in [0.1, 0.15) is 10.8 Å². The Kier molecular flexibility index (Phi) is 2.47. The molecule has 0 radical (unpaired) electrons. The number of aromatic nitrogens is 3. The van der Waals surface area contributed by atoms with Crippen LogP contribution in [0.2, 0.25) is 0 Å². The molecular formula is C10H13N5OS. The summed E-state index contributed by atoms with van der Waals surface area (Å²) in [6, 6.07) is 0. The summed E-state index contributed by atoms with van der Waals surface area (Å²) in [6.07, 6.45) is 2.41. The second kappa shape index (κ2) is 3.99. The smallest absolute Gasteiger partial charge is 0.223 e. The fraction of sp³-hybridized carbons (Fsp3) is 0.500. The van der Waals surface area contributed by atoms with Crippen LogP contribution >= 0.6 is 11.5 Å². The largest absolute Gasteiger partial charge is 0.383 e. The monoisotopic (exact) mass is 251 g/mol. The molecule has 0 saturated heterocycles. The van der Waals surface area contributed by atoms with Crippen molar-refractivity contribution in [2.24, 2.45) is 0 Å². The molecule has 2 aromatic rings. The van der Waals surface area contributed by atoms with Gasteiger partial charge in [-0.3, -0.25) is 0 Å². The lowest BCUT2D eigenvalue weighted by Crippen LogP contribution is -2.02. The summed E-state index contributed by atoms with van der Waals surface area (Å²) in [5.74, 6) is 2.47. The van der Waals surface area contributed by atoms with E-state index in [1.165, 1.54) is 24.4 Å². The highest BCUT2D eigenvalue weighted by molar-refractivity contribution is 7.10. The highest BCUT2D eigenvalue weighted by atomic mass is 32.1.